The minimum absolute atomic E-state index is 0.292. The van der Waals surface area contributed by atoms with Crippen molar-refractivity contribution in [2.75, 3.05) is 6.61 Å². The Morgan fingerprint density at radius 1 is 1.67 bits per heavy atom. The average Bonchev–Trinajstić information content (AvgIpc) is 1.87. The van der Waals surface area contributed by atoms with Gasteiger partial charge in [0.25, 0.3) is 0 Å². The topological polar surface area (TPSA) is 52.3 Å². The summed E-state index contributed by atoms with van der Waals surface area (Å²) in [4.78, 5) is 0. The zero-order valence-electron chi connectivity index (χ0n) is 5.83. The lowest BCUT2D eigenvalue weighted by Crippen LogP contribution is -2.13. The van der Waals surface area contributed by atoms with Gasteiger partial charge in [-0.3, -0.25) is 5.73 Å². The molecule has 0 aliphatic rings. The fourth-order valence-electron chi connectivity index (χ4n) is 0.372. The van der Waals surface area contributed by atoms with Crippen LogP contribution in [0.25, 0.3) is 0 Å². The molecule has 0 heterocycles. The van der Waals surface area contributed by atoms with E-state index in [2.05, 4.69) is 0 Å². The molecule has 0 spiro atoms. The summed E-state index contributed by atoms with van der Waals surface area (Å²) in [5.74, 6) is -0.292. The van der Waals surface area contributed by atoms with Gasteiger partial charge in [-0.1, -0.05) is 6.92 Å². The first kappa shape index (κ1) is 9.02. The number of rotatable bonds is 4. The zero-order valence-corrected chi connectivity index (χ0v) is 6.73. The molecule has 54 valence electrons. The molecule has 0 radical (unpaired) electrons. The van der Waals surface area contributed by atoms with E-state index in [9.17, 15) is 4.57 Å². The largest absolute Gasteiger partial charge is 0.526 e. The molecule has 0 aromatic carbocycles. The molecule has 0 aromatic rings. The van der Waals surface area contributed by atoms with Gasteiger partial charge in [0.2, 0.25) is 5.78 Å². The van der Waals surface area contributed by atoms with E-state index in [0.717, 1.165) is 0 Å². The van der Waals surface area contributed by atoms with E-state index < -0.39 is 8.03 Å². The second-order valence-corrected chi connectivity index (χ2v) is 3.17. The number of nitrogens with two attached hydrogens (primary N) is 1. The Balaban J connectivity index is 3.46. The summed E-state index contributed by atoms with van der Waals surface area (Å²) < 4.78 is 15.6. The van der Waals surface area contributed by atoms with Crippen LogP contribution in [0.2, 0.25) is 0 Å². The van der Waals surface area contributed by atoms with Crippen LogP contribution >= 0.6 is 8.03 Å². The molecule has 0 saturated heterocycles. The Labute approximate surface area is 56.4 Å². The van der Waals surface area contributed by atoms with Gasteiger partial charge in [-0.15, -0.1) is 4.52 Å². The highest BCUT2D eigenvalue weighted by Gasteiger charge is 2.25. The second-order valence-electron chi connectivity index (χ2n) is 1.68. The van der Waals surface area contributed by atoms with Crippen molar-refractivity contribution in [2.45, 2.75) is 26.1 Å². The van der Waals surface area contributed by atoms with E-state index >= 15 is 0 Å². The Kier molecular flexibility index (Phi) is 4.87. The van der Waals surface area contributed by atoms with Crippen LogP contribution in [0.15, 0.2) is 0 Å². The van der Waals surface area contributed by atoms with Crippen molar-refractivity contribution < 1.29 is 9.09 Å². The summed E-state index contributed by atoms with van der Waals surface area (Å²) in [6, 6.07) is 0. The van der Waals surface area contributed by atoms with Crippen LogP contribution in [0.3, 0.4) is 0 Å². The van der Waals surface area contributed by atoms with E-state index in [-0.39, 0.29) is 5.78 Å². The lowest BCUT2D eigenvalue weighted by Gasteiger charge is -1.91. The van der Waals surface area contributed by atoms with Gasteiger partial charge in [-0.25, -0.2) is 0 Å². The first-order valence-electron chi connectivity index (χ1n) is 3.07. The van der Waals surface area contributed by atoms with Crippen LogP contribution in [-0.2, 0) is 9.09 Å². The highest BCUT2D eigenvalue weighted by molar-refractivity contribution is 7.39. The van der Waals surface area contributed by atoms with Crippen LogP contribution < -0.4 is 5.73 Å². The van der Waals surface area contributed by atoms with Gasteiger partial charge < -0.3 is 0 Å². The molecule has 4 heteroatoms. The van der Waals surface area contributed by atoms with E-state index in [1.54, 1.807) is 6.92 Å². The Bertz CT molecular complexity index is 97.0. The van der Waals surface area contributed by atoms with Crippen LogP contribution in [0, 0.1) is 0 Å². The maximum atomic E-state index is 10.8. The van der Waals surface area contributed by atoms with Crippen molar-refractivity contribution in [1.82, 2.24) is 0 Å². The van der Waals surface area contributed by atoms with Gasteiger partial charge in [0.1, 0.15) is 0 Å². The van der Waals surface area contributed by atoms with Crippen molar-refractivity contribution in [3.05, 3.63) is 0 Å². The lowest BCUT2D eigenvalue weighted by atomic mass is 10.5. The highest BCUT2D eigenvalue weighted by atomic mass is 31.1. The van der Waals surface area contributed by atoms with Crippen molar-refractivity contribution >= 4 is 8.03 Å². The average molecular weight is 150 g/mol. The van der Waals surface area contributed by atoms with E-state index in [1.165, 1.54) is 0 Å². The predicted molar refractivity (Wildman–Crippen MR) is 37.5 cm³/mol. The molecule has 2 unspecified atom stereocenters. The van der Waals surface area contributed by atoms with Crippen LogP contribution in [-0.4, -0.2) is 12.4 Å². The Morgan fingerprint density at radius 3 is 2.56 bits per heavy atom. The molecule has 0 fully saturated rings. The van der Waals surface area contributed by atoms with Crippen molar-refractivity contribution in [3.8, 4) is 0 Å². The Hall–Kier alpha value is 0.0200. The van der Waals surface area contributed by atoms with Crippen LogP contribution in [0.4, 0.5) is 0 Å². The first-order valence-corrected chi connectivity index (χ1v) is 4.31. The molecule has 2 N–H and O–H groups in total. The molecule has 0 aromatic heterocycles. The third kappa shape index (κ3) is 3.57. The fourth-order valence-corrected chi connectivity index (χ4v) is 1.12. The second kappa shape index (κ2) is 4.86. The van der Waals surface area contributed by atoms with Gasteiger partial charge in [-0.05, 0) is 11.5 Å². The maximum Gasteiger partial charge on any atom is 0.526 e. The summed E-state index contributed by atoms with van der Waals surface area (Å²) in [6.07, 6.45) is 0.704. The van der Waals surface area contributed by atoms with E-state index in [4.69, 9.17) is 10.3 Å². The summed E-state index contributed by atoms with van der Waals surface area (Å²) in [7, 11) is -1.61. The van der Waals surface area contributed by atoms with Crippen molar-refractivity contribution in [2.24, 2.45) is 5.73 Å². The predicted octanol–water partition coefficient (Wildman–Crippen LogP) is 1.46. The Morgan fingerprint density at radius 2 is 2.22 bits per heavy atom. The van der Waals surface area contributed by atoms with E-state index in [1.807, 2.05) is 6.92 Å². The third-order valence-corrected chi connectivity index (χ3v) is 2.36. The normalized spacial score (nSPS) is 15.2. The molecule has 0 saturated carbocycles. The molecular formula is C5H13NO2P+. The van der Waals surface area contributed by atoms with Crippen LogP contribution in [0.5, 0.6) is 0 Å². The molecule has 2 atom stereocenters. The molecule has 0 rings (SSSR count). The molecule has 3 nitrogen and oxygen atoms in total. The van der Waals surface area contributed by atoms with Gasteiger partial charge >= 0.3 is 8.03 Å². The SMILES string of the molecule is CCO[P+](=O)C(N)CC. The van der Waals surface area contributed by atoms with Gasteiger partial charge in [-0.2, -0.15) is 0 Å². The summed E-state index contributed by atoms with van der Waals surface area (Å²) in [5, 5.41) is 0. The quantitative estimate of drug-likeness (QED) is 0.617. The zero-order chi connectivity index (χ0) is 7.28. The van der Waals surface area contributed by atoms with Gasteiger partial charge in [0.05, 0.1) is 6.61 Å². The standard InChI is InChI=1S/C5H13NO2P/c1-3-5(6)9(7)8-4-2/h5H,3-4,6H2,1-2H3/q+1. The van der Waals surface area contributed by atoms with Gasteiger partial charge in [0.15, 0.2) is 0 Å². The van der Waals surface area contributed by atoms with Crippen molar-refractivity contribution in [1.29, 1.82) is 0 Å². The smallest absolute Gasteiger partial charge is 0.285 e. The molecule has 0 aliphatic heterocycles. The number of hydrogen-bond donors (Lipinski definition) is 1. The molecular weight excluding hydrogens is 137 g/mol. The summed E-state index contributed by atoms with van der Waals surface area (Å²) in [5.41, 5.74) is 5.39. The molecule has 0 amide bonds. The first-order chi connectivity index (χ1) is 4.22. The molecule has 0 bridgehead atoms. The maximum absolute atomic E-state index is 10.8. The lowest BCUT2D eigenvalue weighted by molar-refractivity contribution is 0.343. The minimum Gasteiger partial charge on any atom is -0.285 e. The number of hydrogen-bond acceptors (Lipinski definition) is 3. The van der Waals surface area contributed by atoms with Crippen LogP contribution in [0.1, 0.15) is 20.3 Å². The fraction of sp³-hybridized carbons (Fsp3) is 1.00. The monoisotopic (exact) mass is 150 g/mol. The van der Waals surface area contributed by atoms with Gasteiger partial charge in [0, 0.05) is 6.42 Å². The summed E-state index contributed by atoms with van der Waals surface area (Å²) in [6.45, 7) is 4.16. The molecule has 9 heavy (non-hydrogen) atoms. The van der Waals surface area contributed by atoms with E-state index in [0.29, 0.717) is 13.0 Å². The highest BCUT2D eigenvalue weighted by Crippen LogP contribution is 2.26. The van der Waals surface area contributed by atoms with Crippen molar-refractivity contribution in [3.63, 3.8) is 0 Å². The summed E-state index contributed by atoms with van der Waals surface area (Å²) >= 11 is 0. The molecule has 0 aliphatic carbocycles. The third-order valence-electron chi connectivity index (χ3n) is 0.945. The minimum atomic E-state index is -1.61.